The Morgan fingerprint density at radius 2 is 1.74 bits per heavy atom. The van der Waals surface area contributed by atoms with Gasteiger partial charge in [-0.15, -0.1) is 0 Å². The van der Waals surface area contributed by atoms with Gasteiger partial charge in [0.2, 0.25) is 0 Å². The molecule has 156 valence electrons. The van der Waals surface area contributed by atoms with Crippen LogP contribution in [-0.4, -0.2) is 25.1 Å². The summed E-state index contributed by atoms with van der Waals surface area (Å²) in [6, 6.07) is 19.7. The number of hydrogen-bond acceptors (Lipinski definition) is 5. The second-order valence-electron chi connectivity index (χ2n) is 7.06. The van der Waals surface area contributed by atoms with E-state index in [1.165, 1.54) is 25.3 Å². The minimum atomic E-state index is -0.559. The van der Waals surface area contributed by atoms with E-state index in [0.29, 0.717) is 22.6 Å². The number of carbonyl (C=O) groups is 2. The van der Waals surface area contributed by atoms with Crippen molar-refractivity contribution < 1.29 is 19.1 Å². The lowest BCUT2D eigenvalue weighted by Crippen LogP contribution is -2.14. The van der Waals surface area contributed by atoms with Crippen LogP contribution in [0.15, 0.2) is 66.2 Å². The summed E-state index contributed by atoms with van der Waals surface area (Å²) >= 11 is 0. The molecule has 0 saturated heterocycles. The molecule has 1 amide bonds. The third kappa shape index (κ3) is 5.09. The highest BCUT2D eigenvalue weighted by molar-refractivity contribution is 6.11. The Hall–Kier alpha value is -4.11. The molecule has 3 aromatic rings. The number of anilines is 1. The van der Waals surface area contributed by atoms with Gasteiger partial charge >= 0.3 is 5.97 Å². The monoisotopic (exact) mass is 414 g/mol. The zero-order chi connectivity index (χ0) is 22.4. The van der Waals surface area contributed by atoms with Crippen LogP contribution in [-0.2, 0) is 9.53 Å². The Morgan fingerprint density at radius 1 is 1.03 bits per heavy atom. The van der Waals surface area contributed by atoms with Crippen molar-refractivity contribution in [2.24, 2.45) is 0 Å². The van der Waals surface area contributed by atoms with E-state index in [4.69, 9.17) is 4.74 Å². The van der Waals surface area contributed by atoms with Crippen LogP contribution in [0.3, 0.4) is 0 Å². The topological polar surface area (TPSA) is 88.4 Å². The van der Waals surface area contributed by atoms with Gasteiger partial charge in [-0.05, 0) is 61.0 Å². The number of nitrogens with zero attached hydrogens (tertiary/aromatic N) is 1. The van der Waals surface area contributed by atoms with E-state index in [9.17, 15) is 14.9 Å². The van der Waals surface area contributed by atoms with Crippen LogP contribution in [0.5, 0.6) is 5.75 Å². The Balaban J connectivity index is 1.95. The van der Waals surface area contributed by atoms with Gasteiger partial charge in [0.25, 0.3) is 5.91 Å². The van der Waals surface area contributed by atoms with Crippen LogP contribution >= 0.6 is 0 Å². The first-order chi connectivity index (χ1) is 14.9. The molecule has 0 aliphatic rings. The molecule has 0 bridgehead atoms. The zero-order valence-corrected chi connectivity index (χ0v) is 17.5. The van der Waals surface area contributed by atoms with Crippen molar-refractivity contribution in [1.82, 2.24) is 0 Å². The van der Waals surface area contributed by atoms with Crippen LogP contribution in [0, 0.1) is 11.3 Å². The number of nitriles is 1. The van der Waals surface area contributed by atoms with E-state index in [2.05, 4.69) is 10.1 Å². The normalized spacial score (nSPS) is 11.1. The Labute approximate surface area is 180 Å². The van der Waals surface area contributed by atoms with Crippen LogP contribution in [0.1, 0.15) is 29.8 Å². The van der Waals surface area contributed by atoms with Crippen LogP contribution in [0.2, 0.25) is 0 Å². The second-order valence-corrected chi connectivity index (χ2v) is 7.06. The highest BCUT2D eigenvalue weighted by Gasteiger charge is 2.15. The molecule has 0 aromatic heterocycles. The number of rotatable bonds is 6. The molecule has 0 aliphatic carbocycles. The maximum Gasteiger partial charge on any atom is 0.337 e. The number of methoxy groups -OCH3 is 1. The maximum absolute atomic E-state index is 12.8. The number of esters is 1. The summed E-state index contributed by atoms with van der Waals surface area (Å²) in [6.07, 6.45) is 1.47. The van der Waals surface area contributed by atoms with E-state index in [1.807, 2.05) is 56.3 Å². The first-order valence-electron chi connectivity index (χ1n) is 9.73. The zero-order valence-electron chi connectivity index (χ0n) is 17.5. The Kier molecular flexibility index (Phi) is 6.68. The minimum absolute atomic E-state index is 0.0676. The molecule has 3 rings (SSSR count). The Morgan fingerprint density at radius 3 is 2.39 bits per heavy atom. The number of benzene rings is 3. The van der Waals surface area contributed by atoms with Gasteiger partial charge in [0.1, 0.15) is 17.4 Å². The molecule has 31 heavy (non-hydrogen) atoms. The highest BCUT2D eigenvalue weighted by atomic mass is 16.5. The average Bonchev–Trinajstić information content (AvgIpc) is 2.77. The van der Waals surface area contributed by atoms with E-state index < -0.39 is 11.9 Å². The molecule has 0 unspecified atom stereocenters. The summed E-state index contributed by atoms with van der Waals surface area (Å²) in [6.45, 7) is 3.83. The molecule has 0 spiro atoms. The fourth-order valence-electron chi connectivity index (χ4n) is 3.08. The molecule has 0 atom stereocenters. The molecule has 0 saturated carbocycles. The summed E-state index contributed by atoms with van der Waals surface area (Å²) < 4.78 is 10.6. The summed E-state index contributed by atoms with van der Waals surface area (Å²) in [5.74, 6) is -0.433. The lowest BCUT2D eigenvalue weighted by atomic mass is 10.0. The van der Waals surface area contributed by atoms with Gasteiger partial charge < -0.3 is 14.8 Å². The maximum atomic E-state index is 12.8. The highest BCUT2D eigenvalue weighted by Crippen LogP contribution is 2.31. The lowest BCUT2D eigenvalue weighted by molar-refractivity contribution is -0.112. The molecule has 6 heteroatoms. The SMILES string of the molecule is COC(=O)c1ccc(NC(=O)/C(C#N)=C/c2c(OC(C)C)ccc3ccccc23)cc1. The van der Waals surface area contributed by atoms with Gasteiger partial charge in [-0.3, -0.25) is 4.79 Å². The van der Waals surface area contributed by atoms with Crippen LogP contribution < -0.4 is 10.1 Å². The second kappa shape index (κ2) is 9.59. The van der Waals surface area contributed by atoms with Gasteiger partial charge in [0.15, 0.2) is 0 Å². The minimum Gasteiger partial charge on any atom is -0.490 e. The van der Waals surface area contributed by atoms with Crippen LogP contribution in [0.25, 0.3) is 16.8 Å². The molecule has 0 fully saturated rings. The molecule has 6 nitrogen and oxygen atoms in total. The molecule has 0 aliphatic heterocycles. The summed E-state index contributed by atoms with van der Waals surface area (Å²) in [4.78, 5) is 24.3. The summed E-state index contributed by atoms with van der Waals surface area (Å²) in [7, 11) is 1.30. The van der Waals surface area contributed by atoms with E-state index in [0.717, 1.165) is 10.8 Å². The van der Waals surface area contributed by atoms with Crippen molar-refractivity contribution in [2.45, 2.75) is 20.0 Å². The number of ether oxygens (including phenoxy) is 2. The summed E-state index contributed by atoms with van der Waals surface area (Å²) in [5, 5.41) is 14.2. The molecule has 3 aromatic carbocycles. The van der Waals surface area contributed by atoms with Crippen LogP contribution in [0.4, 0.5) is 5.69 Å². The largest absolute Gasteiger partial charge is 0.490 e. The van der Waals surface area contributed by atoms with E-state index in [1.54, 1.807) is 12.1 Å². The van der Waals surface area contributed by atoms with Gasteiger partial charge in [-0.1, -0.05) is 30.3 Å². The third-order valence-electron chi connectivity index (χ3n) is 4.51. The number of amides is 1. The molecule has 0 heterocycles. The quantitative estimate of drug-likeness (QED) is 0.350. The fourth-order valence-corrected chi connectivity index (χ4v) is 3.08. The Bertz CT molecular complexity index is 1190. The van der Waals surface area contributed by atoms with Crippen molar-refractivity contribution >= 4 is 34.4 Å². The molecule has 1 N–H and O–H groups in total. The van der Waals surface area contributed by atoms with Gasteiger partial charge in [0, 0.05) is 11.3 Å². The van der Waals surface area contributed by atoms with Crippen molar-refractivity contribution in [3.05, 3.63) is 77.4 Å². The van der Waals surface area contributed by atoms with Crippen molar-refractivity contribution in [3.63, 3.8) is 0 Å². The van der Waals surface area contributed by atoms with Crippen molar-refractivity contribution in [1.29, 1.82) is 5.26 Å². The first kappa shape index (κ1) is 21.6. The first-order valence-corrected chi connectivity index (χ1v) is 9.73. The summed E-state index contributed by atoms with van der Waals surface area (Å²) in [5.41, 5.74) is 1.42. The third-order valence-corrected chi connectivity index (χ3v) is 4.51. The van der Waals surface area contributed by atoms with Crippen molar-refractivity contribution in [3.8, 4) is 11.8 Å². The van der Waals surface area contributed by atoms with Gasteiger partial charge in [-0.25, -0.2) is 4.79 Å². The number of carbonyl (C=O) groups excluding carboxylic acids is 2. The average molecular weight is 414 g/mol. The molecular weight excluding hydrogens is 392 g/mol. The number of hydrogen-bond donors (Lipinski definition) is 1. The van der Waals surface area contributed by atoms with Gasteiger partial charge in [0.05, 0.1) is 18.8 Å². The number of fused-ring (bicyclic) bond motifs is 1. The van der Waals surface area contributed by atoms with E-state index in [-0.39, 0.29) is 11.7 Å². The van der Waals surface area contributed by atoms with Crippen molar-refractivity contribution in [2.75, 3.05) is 12.4 Å². The van der Waals surface area contributed by atoms with E-state index >= 15 is 0 Å². The lowest BCUT2D eigenvalue weighted by Gasteiger charge is -2.15. The standard InChI is InChI=1S/C25H22N2O4/c1-16(2)31-23-13-10-17-6-4-5-7-21(17)22(23)14-19(15-26)24(28)27-20-11-8-18(9-12-20)25(29)30-3/h4-14,16H,1-3H3,(H,27,28)/b19-14+. The fraction of sp³-hybridized carbons (Fsp3) is 0.160. The van der Waals surface area contributed by atoms with Gasteiger partial charge in [-0.2, -0.15) is 5.26 Å². The number of nitrogens with one attached hydrogen (secondary N) is 1. The predicted molar refractivity (Wildman–Crippen MR) is 120 cm³/mol. The smallest absolute Gasteiger partial charge is 0.337 e. The predicted octanol–water partition coefficient (Wildman–Crippen LogP) is 4.96. The molecule has 0 radical (unpaired) electrons. The molecular formula is C25H22N2O4.